The maximum absolute atomic E-state index is 12.9. The van der Waals surface area contributed by atoms with E-state index in [1.807, 2.05) is 6.07 Å². The molecular formula is C21H28N2O5. The first kappa shape index (κ1) is 20.2. The van der Waals surface area contributed by atoms with Crippen molar-refractivity contribution in [2.45, 2.75) is 39.2 Å². The molecule has 1 aromatic heterocycles. The van der Waals surface area contributed by atoms with E-state index in [2.05, 4.69) is 17.6 Å². The third-order valence-electron chi connectivity index (χ3n) is 5.45. The van der Waals surface area contributed by atoms with E-state index in [9.17, 15) is 14.7 Å². The van der Waals surface area contributed by atoms with Gasteiger partial charge < -0.3 is 24.9 Å². The number of aliphatic hydroxyl groups excluding tert-OH is 1. The lowest BCUT2D eigenvalue weighted by Gasteiger charge is -2.32. The minimum Gasteiger partial charge on any atom is -0.493 e. The average molecular weight is 388 g/mol. The van der Waals surface area contributed by atoms with Gasteiger partial charge in [0.1, 0.15) is 22.6 Å². The molecule has 1 aromatic carbocycles. The zero-order chi connectivity index (χ0) is 20.5. The Hall–Kier alpha value is -2.54. The molecule has 28 heavy (non-hydrogen) atoms. The number of hydrogen-bond donors (Lipinski definition) is 3. The highest BCUT2D eigenvalue weighted by Gasteiger charge is 2.35. The number of nitrogens with one attached hydrogen (secondary N) is 2. The van der Waals surface area contributed by atoms with Crippen LogP contribution in [0.25, 0.3) is 11.0 Å². The van der Waals surface area contributed by atoms with Gasteiger partial charge in [-0.2, -0.15) is 0 Å². The Balaban J connectivity index is 1.83. The largest absolute Gasteiger partial charge is 0.493 e. The van der Waals surface area contributed by atoms with Crippen LogP contribution in [0.1, 0.15) is 42.8 Å². The number of benzene rings is 1. The Morgan fingerprint density at radius 2 is 2.07 bits per heavy atom. The SMILES string of the molecule is CNC(=O)C(C)(CO)NC(=O)c1c(C)oc2ccc(OCC3CC(C)C3)cc12. The quantitative estimate of drug-likeness (QED) is 0.676. The lowest BCUT2D eigenvalue weighted by atomic mass is 9.77. The number of aliphatic hydroxyl groups is 1. The van der Waals surface area contributed by atoms with E-state index in [-0.39, 0.29) is 0 Å². The molecule has 1 saturated carbocycles. The smallest absolute Gasteiger partial charge is 0.256 e. The normalized spacial score (nSPS) is 20.9. The number of hydrogen-bond acceptors (Lipinski definition) is 5. The molecule has 0 saturated heterocycles. The standard InChI is InChI=1S/C21H28N2O5/c1-12-7-14(8-12)10-27-15-5-6-17-16(9-15)18(13(2)28-17)19(25)23-21(3,11-24)20(26)22-4/h5-6,9,12,14,24H,7-8,10-11H2,1-4H3,(H,22,26)(H,23,25). The van der Waals surface area contributed by atoms with Gasteiger partial charge in [0.2, 0.25) is 5.91 Å². The lowest BCUT2D eigenvalue weighted by molar-refractivity contribution is -0.127. The molecule has 2 aromatic rings. The van der Waals surface area contributed by atoms with Crippen molar-refractivity contribution in [1.29, 1.82) is 0 Å². The van der Waals surface area contributed by atoms with Crippen LogP contribution in [-0.4, -0.2) is 42.7 Å². The van der Waals surface area contributed by atoms with Crippen molar-refractivity contribution >= 4 is 22.8 Å². The monoisotopic (exact) mass is 388 g/mol. The molecule has 0 bridgehead atoms. The Morgan fingerprint density at radius 3 is 2.68 bits per heavy atom. The number of fused-ring (bicyclic) bond motifs is 1. The highest BCUT2D eigenvalue weighted by atomic mass is 16.5. The molecule has 3 rings (SSSR count). The summed E-state index contributed by atoms with van der Waals surface area (Å²) in [6, 6.07) is 5.40. The molecule has 7 heteroatoms. The molecule has 1 atom stereocenters. The minimum atomic E-state index is -1.43. The number of likely N-dealkylation sites (N-methyl/N-ethyl adjacent to an activating group) is 1. The van der Waals surface area contributed by atoms with E-state index in [4.69, 9.17) is 9.15 Å². The molecule has 2 amide bonds. The molecule has 3 N–H and O–H groups in total. The number of amides is 2. The molecule has 1 heterocycles. The first-order valence-corrected chi connectivity index (χ1v) is 9.59. The second-order valence-electron chi connectivity index (χ2n) is 7.97. The summed E-state index contributed by atoms with van der Waals surface area (Å²) in [4.78, 5) is 25.0. The summed E-state index contributed by atoms with van der Waals surface area (Å²) in [6.07, 6.45) is 2.36. The van der Waals surface area contributed by atoms with Crippen molar-refractivity contribution in [3.05, 3.63) is 29.5 Å². The van der Waals surface area contributed by atoms with Gasteiger partial charge in [-0.05, 0) is 56.7 Å². The topological polar surface area (TPSA) is 101 Å². The van der Waals surface area contributed by atoms with Gasteiger partial charge in [0.15, 0.2) is 0 Å². The van der Waals surface area contributed by atoms with Crippen LogP contribution in [0.3, 0.4) is 0 Å². The summed E-state index contributed by atoms with van der Waals surface area (Å²) in [7, 11) is 1.45. The fourth-order valence-electron chi connectivity index (χ4n) is 3.75. The Bertz CT molecular complexity index is 884. The summed E-state index contributed by atoms with van der Waals surface area (Å²) in [5.41, 5.74) is -0.532. The van der Waals surface area contributed by atoms with E-state index in [1.165, 1.54) is 26.8 Å². The molecule has 0 spiro atoms. The highest BCUT2D eigenvalue weighted by Crippen LogP contribution is 2.34. The van der Waals surface area contributed by atoms with Crippen molar-refractivity contribution in [3.8, 4) is 5.75 Å². The summed E-state index contributed by atoms with van der Waals surface area (Å²) in [6.45, 7) is 5.53. The average Bonchev–Trinajstić information content (AvgIpc) is 2.98. The first-order valence-electron chi connectivity index (χ1n) is 9.59. The van der Waals surface area contributed by atoms with Gasteiger partial charge in [0.05, 0.1) is 18.8 Å². The summed E-state index contributed by atoms with van der Waals surface area (Å²) in [5, 5.41) is 15.3. The van der Waals surface area contributed by atoms with E-state index in [0.29, 0.717) is 40.6 Å². The maximum atomic E-state index is 12.9. The molecule has 0 aliphatic heterocycles. The Labute approximate surface area is 164 Å². The fraction of sp³-hybridized carbons (Fsp3) is 0.524. The molecule has 1 aliphatic rings. The number of carbonyl (C=O) groups excluding carboxylic acids is 2. The third kappa shape index (κ3) is 3.85. The summed E-state index contributed by atoms with van der Waals surface area (Å²) < 4.78 is 11.6. The van der Waals surface area contributed by atoms with Crippen molar-refractivity contribution in [3.63, 3.8) is 0 Å². The molecule has 7 nitrogen and oxygen atoms in total. The third-order valence-corrected chi connectivity index (χ3v) is 5.45. The molecule has 0 radical (unpaired) electrons. The van der Waals surface area contributed by atoms with Crippen LogP contribution in [0, 0.1) is 18.8 Å². The zero-order valence-electron chi connectivity index (χ0n) is 16.8. The van der Waals surface area contributed by atoms with E-state index in [1.54, 1.807) is 19.1 Å². The van der Waals surface area contributed by atoms with Gasteiger partial charge in [0, 0.05) is 12.4 Å². The van der Waals surface area contributed by atoms with Gasteiger partial charge in [0.25, 0.3) is 5.91 Å². The zero-order valence-corrected chi connectivity index (χ0v) is 16.8. The van der Waals surface area contributed by atoms with Gasteiger partial charge >= 0.3 is 0 Å². The number of aryl methyl sites for hydroxylation is 1. The van der Waals surface area contributed by atoms with Crippen LogP contribution in [0.2, 0.25) is 0 Å². The van der Waals surface area contributed by atoms with Crippen LogP contribution in [0.5, 0.6) is 5.75 Å². The van der Waals surface area contributed by atoms with Crippen molar-refractivity contribution in [1.82, 2.24) is 10.6 Å². The van der Waals surface area contributed by atoms with Crippen LogP contribution in [-0.2, 0) is 4.79 Å². The Kier molecular flexibility index (Phi) is 5.65. The first-order chi connectivity index (χ1) is 13.3. The van der Waals surface area contributed by atoms with Crippen LogP contribution < -0.4 is 15.4 Å². The van der Waals surface area contributed by atoms with Gasteiger partial charge in [-0.1, -0.05) is 6.92 Å². The van der Waals surface area contributed by atoms with Crippen LogP contribution >= 0.6 is 0 Å². The van der Waals surface area contributed by atoms with E-state index in [0.717, 1.165) is 5.92 Å². The molecule has 1 unspecified atom stereocenters. The van der Waals surface area contributed by atoms with Gasteiger partial charge in [-0.3, -0.25) is 9.59 Å². The van der Waals surface area contributed by atoms with E-state index < -0.39 is 24.0 Å². The second-order valence-corrected chi connectivity index (χ2v) is 7.97. The van der Waals surface area contributed by atoms with E-state index >= 15 is 0 Å². The predicted octanol–water partition coefficient (Wildman–Crippen LogP) is 2.39. The lowest BCUT2D eigenvalue weighted by Crippen LogP contribution is -2.58. The van der Waals surface area contributed by atoms with Gasteiger partial charge in [-0.25, -0.2) is 0 Å². The molecule has 1 aliphatic carbocycles. The van der Waals surface area contributed by atoms with Crippen LogP contribution in [0.4, 0.5) is 0 Å². The predicted molar refractivity (Wildman–Crippen MR) is 105 cm³/mol. The summed E-state index contributed by atoms with van der Waals surface area (Å²) in [5.74, 6) is 1.50. The molecule has 152 valence electrons. The number of ether oxygens (including phenoxy) is 1. The Morgan fingerprint density at radius 1 is 1.36 bits per heavy atom. The number of furan rings is 1. The van der Waals surface area contributed by atoms with Crippen molar-refractivity contribution in [2.24, 2.45) is 11.8 Å². The summed E-state index contributed by atoms with van der Waals surface area (Å²) >= 11 is 0. The highest BCUT2D eigenvalue weighted by molar-refractivity contribution is 6.09. The molecule has 1 fully saturated rings. The maximum Gasteiger partial charge on any atom is 0.256 e. The van der Waals surface area contributed by atoms with Crippen LogP contribution in [0.15, 0.2) is 22.6 Å². The number of carbonyl (C=O) groups is 2. The number of rotatable bonds is 7. The second kappa shape index (κ2) is 7.83. The van der Waals surface area contributed by atoms with Crippen molar-refractivity contribution in [2.75, 3.05) is 20.3 Å². The molecular weight excluding hydrogens is 360 g/mol. The van der Waals surface area contributed by atoms with Crippen molar-refractivity contribution < 1.29 is 23.8 Å². The van der Waals surface area contributed by atoms with Gasteiger partial charge in [-0.15, -0.1) is 0 Å². The fourth-order valence-corrected chi connectivity index (χ4v) is 3.75. The minimum absolute atomic E-state index is 0.335.